The number of carbonyl (C=O) groups excluding carboxylic acids is 2. The Kier molecular flexibility index (Phi) is 4.44. The van der Waals surface area contributed by atoms with Crippen molar-refractivity contribution in [1.82, 2.24) is 0 Å². The number of hydrogen-bond donors (Lipinski definition) is 0. The Morgan fingerprint density at radius 3 is 2.15 bits per heavy atom. The fraction of sp³-hybridized carbons (Fsp3) is 0.818. The zero-order valence-electron chi connectivity index (χ0n) is 16.3. The molecule has 4 aliphatic carbocycles. The number of ether oxygens (including phenoxy) is 2. The van der Waals surface area contributed by atoms with Gasteiger partial charge in [-0.15, -0.1) is 0 Å². The van der Waals surface area contributed by atoms with Gasteiger partial charge in [-0.3, -0.25) is 9.59 Å². The summed E-state index contributed by atoms with van der Waals surface area (Å²) in [5, 5.41) is 0. The van der Waals surface area contributed by atoms with Crippen molar-refractivity contribution in [3.8, 4) is 0 Å². The third-order valence-corrected chi connectivity index (χ3v) is 7.20. The molecule has 1 unspecified atom stereocenters. The minimum absolute atomic E-state index is 0.0130. The zero-order valence-corrected chi connectivity index (χ0v) is 16.3. The van der Waals surface area contributed by atoms with Crippen LogP contribution in [0.15, 0.2) is 12.2 Å². The quantitative estimate of drug-likeness (QED) is 0.552. The highest BCUT2D eigenvalue weighted by atomic mass is 16.6. The van der Waals surface area contributed by atoms with Crippen molar-refractivity contribution in [2.75, 3.05) is 0 Å². The van der Waals surface area contributed by atoms with Crippen molar-refractivity contribution in [2.45, 2.75) is 84.3 Å². The Labute approximate surface area is 156 Å². The van der Waals surface area contributed by atoms with E-state index < -0.39 is 5.41 Å². The maximum Gasteiger partial charge on any atom is 0.311 e. The number of esters is 2. The zero-order chi connectivity index (χ0) is 18.5. The third-order valence-electron chi connectivity index (χ3n) is 7.20. The van der Waals surface area contributed by atoms with E-state index in [-0.39, 0.29) is 35.5 Å². The highest BCUT2D eigenvalue weighted by molar-refractivity contribution is 5.76. The van der Waals surface area contributed by atoms with E-state index in [1.165, 1.54) is 0 Å². The molecule has 26 heavy (non-hydrogen) atoms. The lowest BCUT2D eigenvalue weighted by molar-refractivity contribution is -0.176. The summed E-state index contributed by atoms with van der Waals surface area (Å²) >= 11 is 0. The molecule has 3 saturated carbocycles. The molecular formula is C22H32O4. The van der Waals surface area contributed by atoms with Crippen LogP contribution < -0.4 is 0 Å². The summed E-state index contributed by atoms with van der Waals surface area (Å²) in [7, 11) is 0. The summed E-state index contributed by atoms with van der Waals surface area (Å²) in [6.07, 6.45) is 12.2. The molecule has 3 fully saturated rings. The predicted octanol–water partition coefficient (Wildman–Crippen LogP) is 4.42. The highest BCUT2D eigenvalue weighted by Crippen LogP contribution is 2.54. The number of fused-ring (bicyclic) bond motifs is 2. The Bertz CT molecular complexity index is 612. The van der Waals surface area contributed by atoms with E-state index in [2.05, 4.69) is 12.2 Å². The maximum absolute atomic E-state index is 12.9. The van der Waals surface area contributed by atoms with Crippen LogP contribution in [0.25, 0.3) is 0 Å². The minimum Gasteiger partial charge on any atom is -0.461 e. The first-order valence-electron chi connectivity index (χ1n) is 10.4. The summed E-state index contributed by atoms with van der Waals surface area (Å²) in [4.78, 5) is 25.3. The normalized spacial score (nSPS) is 41.1. The van der Waals surface area contributed by atoms with Crippen LogP contribution >= 0.6 is 0 Å². The second-order valence-electron chi connectivity index (χ2n) is 9.97. The van der Waals surface area contributed by atoms with Crippen LogP contribution in [0, 0.1) is 28.6 Å². The lowest BCUT2D eigenvalue weighted by Gasteiger charge is -2.37. The van der Waals surface area contributed by atoms with Crippen LogP contribution in [0.3, 0.4) is 0 Å². The molecule has 0 aromatic heterocycles. The topological polar surface area (TPSA) is 52.6 Å². The van der Waals surface area contributed by atoms with Crippen LogP contribution in [-0.2, 0) is 19.1 Å². The summed E-state index contributed by atoms with van der Waals surface area (Å²) in [5.74, 6) is 0.838. The second kappa shape index (κ2) is 6.38. The van der Waals surface area contributed by atoms with Gasteiger partial charge in [0.25, 0.3) is 0 Å². The Balaban J connectivity index is 1.45. The largest absolute Gasteiger partial charge is 0.461 e. The molecule has 2 bridgehead atoms. The Morgan fingerprint density at radius 1 is 0.962 bits per heavy atom. The molecule has 1 spiro atoms. The molecule has 0 aromatic rings. The molecule has 4 rings (SSSR count). The van der Waals surface area contributed by atoms with Crippen LogP contribution in [-0.4, -0.2) is 24.1 Å². The molecule has 144 valence electrons. The van der Waals surface area contributed by atoms with Gasteiger partial charge in [0.05, 0.1) is 11.3 Å². The van der Waals surface area contributed by atoms with Gasteiger partial charge in [-0.25, -0.2) is 0 Å². The van der Waals surface area contributed by atoms with Crippen molar-refractivity contribution < 1.29 is 19.1 Å². The summed E-state index contributed by atoms with van der Waals surface area (Å²) in [6.45, 7) is 5.68. The van der Waals surface area contributed by atoms with Crippen LogP contribution in [0.5, 0.6) is 0 Å². The Morgan fingerprint density at radius 2 is 1.62 bits per heavy atom. The molecule has 0 radical (unpaired) electrons. The first-order chi connectivity index (χ1) is 12.3. The van der Waals surface area contributed by atoms with E-state index >= 15 is 0 Å². The van der Waals surface area contributed by atoms with Crippen LogP contribution in [0.1, 0.15) is 72.1 Å². The average molecular weight is 360 g/mol. The molecule has 6 atom stereocenters. The number of carbonyl (C=O) groups is 2. The first kappa shape index (κ1) is 18.1. The molecule has 0 aromatic carbocycles. The van der Waals surface area contributed by atoms with E-state index in [1.54, 1.807) is 0 Å². The Hall–Kier alpha value is -1.32. The number of allylic oxidation sites excluding steroid dienone is 2. The number of hydrogen-bond acceptors (Lipinski definition) is 4. The molecule has 0 aliphatic heterocycles. The van der Waals surface area contributed by atoms with Gasteiger partial charge >= 0.3 is 11.9 Å². The molecule has 0 saturated heterocycles. The van der Waals surface area contributed by atoms with E-state index in [0.717, 1.165) is 51.4 Å². The molecule has 4 heteroatoms. The third kappa shape index (κ3) is 2.99. The first-order valence-corrected chi connectivity index (χ1v) is 10.4. The van der Waals surface area contributed by atoms with Gasteiger partial charge in [-0.1, -0.05) is 12.2 Å². The highest BCUT2D eigenvalue weighted by Gasteiger charge is 2.56. The van der Waals surface area contributed by atoms with Gasteiger partial charge < -0.3 is 9.47 Å². The van der Waals surface area contributed by atoms with Gasteiger partial charge in [0.2, 0.25) is 0 Å². The second-order valence-corrected chi connectivity index (χ2v) is 9.97. The molecule has 4 nitrogen and oxygen atoms in total. The summed E-state index contributed by atoms with van der Waals surface area (Å²) in [6, 6.07) is 0. The molecule has 0 amide bonds. The SMILES string of the molecule is CC(C)(C)C(=O)O[C@@H]1CCCC12CCC[C@H]2OC(=O)[C@@H]1C[C@@H]2C=C[C@H]1C2. The predicted molar refractivity (Wildman–Crippen MR) is 98.2 cm³/mol. The smallest absolute Gasteiger partial charge is 0.311 e. The van der Waals surface area contributed by atoms with Crippen molar-refractivity contribution in [2.24, 2.45) is 28.6 Å². The van der Waals surface area contributed by atoms with E-state index in [0.29, 0.717) is 11.8 Å². The molecular weight excluding hydrogens is 328 g/mol. The summed E-state index contributed by atoms with van der Waals surface area (Å²) in [5.41, 5.74) is -0.645. The summed E-state index contributed by atoms with van der Waals surface area (Å²) < 4.78 is 12.1. The molecule has 4 aliphatic rings. The van der Waals surface area contributed by atoms with Crippen molar-refractivity contribution in [3.05, 3.63) is 12.2 Å². The fourth-order valence-corrected chi connectivity index (χ4v) is 5.72. The van der Waals surface area contributed by atoms with Crippen LogP contribution in [0.4, 0.5) is 0 Å². The fourth-order valence-electron chi connectivity index (χ4n) is 5.72. The molecule has 0 N–H and O–H groups in total. The van der Waals surface area contributed by atoms with Crippen molar-refractivity contribution >= 4 is 11.9 Å². The van der Waals surface area contributed by atoms with E-state index in [1.807, 2.05) is 20.8 Å². The lowest BCUT2D eigenvalue weighted by Crippen LogP contribution is -2.44. The number of rotatable bonds is 3. The standard InChI is InChI=1S/C22H32O4/c1-21(2,3)20(24)26-18-7-5-11-22(18)10-4-6-17(22)25-19(23)16-13-14-8-9-15(16)12-14/h8-9,14-18H,4-7,10-13H2,1-3H3/t14-,15+,16-,17-,18-,22?/m1/s1. The lowest BCUT2D eigenvalue weighted by atomic mass is 9.79. The van der Waals surface area contributed by atoms with Crippen molar-refractivity contribution in [3.63, 3.8) is 0 Å². The molecule has 0 heterocycles. The monoisotopic (exact) mass is 360 g/mol. The minimum atomic E-state index is -0.496. The van der Waals surface area contributed by atoms with E-state index in [4.69, 9.17) is 9.47 Å². The maximum atomic E-state index is 12.9. The van der Waals surface area contributed by atoms with Gasteiger partial charge in [0, 0.05) is 5.41 Å². The van der Waals surface area contributed by atoms with Gasteiger partial charge in [0.15, 0.2) is 0 Å². The average Bonchev–Trinajstić information content (AvgIpc) is 3.34. The van der Waals surface area contributed by atoms with Gasteiger partial charge in [-0.2, -0.15) is 0 Å². The van der Waals surface area contributed by atoms with Gasteiger partial charge in [0.1, 0.15) is 12.2 Å². The van der Waals surface area contributed by atoms with E-state index in [9.17, 15) is 9.59 Å². The van der Waals surface area contributed by atoms with Crippen LogP contribution in [0.2, 0.25) is 0 Å². The van der Waals surface area contributed by atoms with Crippen molar-refractivity contribution in [1.29, 1.82) is 0 Å². The van der Waals surface area contributed by atoms with Gasteiger partial charge in [-0.05, 0) is 84.0 Å².